The predicted octanol–water partition coefficient (Wildman–Crippen LogP) is 8.29. The molecule has 5 aromatic rings. The molecule has 3 heterocycles. The molecule has 1 atom stereocenters. The third-order valence-electron chi connectivity index (χ3n) is 7.26. The zero-order chi connectivity index (χ0) is 28.1. The summed E-state index contributed by atoms with van der Waals surface area (Å²) in [5, 5.41) is 9.48. The third-order valence-corrected chi connectivity index (χ3v) is 7.80. The van der Waals surface area contributed by atoms with Crippen molar-refractivity contribution < 1.29 is 4.74 Å². The summed E-state index contributed by atoms with van der Waals surface area (Å²) in [6.45, 7) is 2.03. The van der Waals surface area contributed by atoms with Crippen molar-refractivity contribution in [3.8, 4) is 11.4 Å². The Morgan fingerprint density at radius 2 is 1.66 bits per heavy atom. The number of amidine groups is 2. The summed E-state index contributed by atoms with van der Waals surface area (Å²) in [5.41, 5.74) is 6.19. The summed E-state index contributed by atoms with van der Waals surface area (Å²) < 4.78 is 7.79. The number of aromatic nitrogens is 2. The van der Waals surface area contributed by atoms with Crippen LogP contribution in [0.4, 0.5) is 22.9 Å². The van der Waals surface area contributed by atoms with E-state index in [9.17, 15) is 0 Å². The minimum atomic E-state index is -0.305. The van der Waals surface area contributed by atoms with Crippen LogP contribution < -0.4 is 15.0 Å². The third kappa shape index (κ3) is 4.25. The molecule has 7 nitrogen and oxygen atoms in total. The van der Waals surface area contributed by atoms with Crippen molar-refractivity contribution in [1.82, 2.24) is 9.78 Å². The van der Waals surface area contributed by atoms with Crippen LogP contribution in [0.25, 0.3) is 5.69 Å². The molecule has 202 valence electrons. The van der Waals surface area contributed by atoms with Gasteiger partial charge in [0.05, 0.1) is 46.6 Å². The zero-order valence-corrected chi connectivity index (χ0v) is 23.7. The van der Waals surface area contributed by atoms with Gasteiger partial charge in [-0.05, 0) is 55.5 Å². The van der Waals surface area contributed by atoms with Crippen LogP contribution in [0.2, 0.25) is 10.0 Å². The van der Waals surface area contributed by atoms with Gasteiger partial charge in [-0.25, -0.2) is 14.7 Å². The Hall–Kier alpha value is -4.59. The Morgan fingerprint density at radius 1 is 0.902 bits per heavy atom. The van der Waals surface area contributed by atoms with E-state index in [0.29, 0.717) is 27.4 Å². The molecule has 1 aromatic heterocycles. The molecule has 9 heteroatoms. The maximum Gasteiger partial charge on any atom is 0.179 e. The highest BCUT2D eigenvalue weighted by Crippen LogP contribution is 2.49. The largest absolute Gasteiger partial charge is 0.496 e. The minimum Gasteiger partial charge on any atom is -0.496 e. The Labute approximate surface area is 247 Å². The normalized spacial score (nSPS) is 16.4. The molecule has 4 aromatic carbocycles. The highest BCUT2D eigenvalue weighted by Gasteiger charge is 2.42. The molecule has 1 unspecified atom stereocenters. The van der Waals surface area contributed by atoms with Crippen LogP contribution in [0.15, 0.2) is 107 Å². The molecule has 7 rings (SSSR count). The van der Waals surface area contributed by atoms with Crippen molar-refractivity contribution in [2.24, 2.45) is 9.98 Å². The second kappa shape index (κ2) is 10.1. The van der Waals surface area contributed by atoms with Gasteiger partial charge in [-0.15, -0.1) is 0 Å². The first-order valence-electron chi connectivity index (χ1n) is 13.1. The predicted molar refractivity (Wildman–Crippen MR) is 166 cm³/mol. The lowest BCUT2D eigenvalue weighted by Gasteiger charge is -2.42. The summed E-state index contributed by atoms with van der Waals surface area (Å²) in [6, 6.07) is 31.2. The van der Waals surface area contributed by atoms with Crippen LogP contribution in [0.3, 0.4) is 0 Å². The zero-order valence-electron chi connectivity index (χ0n) is 22.2. The summed E-state index contributed by atoms with van der Waals surface area (Å²) in [6.07, 6.45) is 0. The quantitative estimate of drug-likeness (QED) is 0.233. The average Bonchev–Trinajstić information content (AvgIpc) is 3.33. The molecule has 0 fully saturated rings. The smallest absolute Gasteiger partial charge is 0.179 e. The molecule has 0 saturated carbocycles. The topological polar surface area (TPSA) is 67.0 Å². The number of ether oxygens (including phenoxy) is 1. The van der Waals surface area contributed by atoms with Gasteiger partial charge >= 0.3 is 0 Å². The Bertz CT molecular complexity index is 1860. The number of halogens is 2. The van der Waals surface area contributed by atoms with E-state index in [1.165, 1.54) is 0 Å². The first kappa shape index (κ1) is 25.4. The van der Waals surface area contributed by atoms with E-state index in [1.807, 2.05) is 78.3 Å². The van der Waals surface area contributed by atoms with Crippen LogP contribution in [0, 0.1) is 6.92 Å². The standard InChI is InChI=1S/C32H24Cl2N6O/c1-19-28-29(22-12-6-9-15-27(22)41-2)39-26-14-8-7-13-25(26)36-30(35-24-17-16-20(33)18-23(24)34)32(39)37-31(28)40(38-19)21-10-4-3-5-11-21/h3-18,29H,1-2H3,(H,35,36). The van der Waals surface area contributed by atoms with E-state index in [1.54, 1.807) is 25.3 Å². The number of benzene rings is 4. The van der Waals surface area contributed by atoms with Gasteiger partial charge in [-0.1, -0.05) is 71.7 Å². The van der Waals surface area contributed by atoms with Crippen molar-refractivity contribution in [3.63, 3.8) is 0 Å². The van der Waals surface area contributed by atoms with Crippen molar-refractivity contribution in [1.29, 1.82) is 0 Å². The number of aryl methyl sites for hydroxylation is 1. The number of hydrogen-bond acceptors (Lipinski definition) is 5. The van der Waals surface area contributed by atoms with Crippen LogP contribution in [-0.2, 0) is 0 Å². The molecule has 2 aliphatic heterocycles. The molecule has 2 aliphatic rings. The first-order valence-corrected chi connectivity index (χ1v) is 13.8. The van der Waals surface area contributed by atoms with Gasteiger partial charge in [0.25, 0.3) is 0 Å². The highest BCUT2D eigenvalue weighted by molar-refractivity contribution is 6.52. The van der Waals surface area contributed by atoms with Crippen molar-refractivity contribution >= 4 is 57.8 Å². The van der Waals surface area contributed by atoms with Gasteiger partial charge in [0.15, 0.2) is 17.5 Å². The number of fused-ring (bicyclic) bond motifs is 4. The van der Waals surface area contributed by atoms with E-state index in [2.05, 4.69) is 22.3 Å². The molecule has 0 aliphatic carbocycles. The fourth-order valence-corrected chi connectivity index (χ4v) is 5.91. The Morgan fingerprint density at radius 3 is 2.46 bits per heavy atom. The second-order valence-electron chi connectivity index (χ2n) is 9.72. The van der Waals surface area contributed by atoms with Crippen molar-refractivity contribution in [3.05, 3.63) is 124 Å². The maximum absolute atomic E-state index is 6.57. The number of nitrogens with one attached hydrogen (secondary N) is 1. The molecule has 0 saturated heterocycles. The summed E-state index contributed by atoms with van der Waals surface area (Å²) in [7, 11) is 1.69. The van der Waals surface area contributed by atoms with E-state index in [4.69, 9.17) is 43.0 Å². The van der Waals surface area contributed by atoms with Crippen molar-refractivity contribution in [2.45, 2.75) is 13.0 Å². The molecule has 1 N–H and O–H groups in total. The molecular formula is C32H24Cl2N6O. The number of rotatable bonds is 4. The first-order chi connectivity index (χ1) is 20.0. The van der Waals surface area contributed by atoms with Gasteiger partial charge in [0, 0.05) is 16.1 Å². The lowest BCUT2D eigenvalue weighted by Crippen LogP contribution is -2.48. The molecule has 41 heavy (non-hydrogen) atoms. The van der Waals surface area contributed by atoms with Gasteiger partial charge in [-0.3, -0.25) is 0 Å². The molecule has 0 amide bonds. The van der Waals surface area contributed by atoms with Crippen LogP contribution in [-0.4, -0.2) is 28.6 Å². The van der Waals surface area contributed by atoms with Gasteiger partial charge in [0.1, 0.15) is 5.75 Å². The monoisotopic (exact) mass is 578 g/mol. The summed E-state index contributed by atoms with van der Waals surface area (Å²) >= 11 is 12.8. The Kier molecular flexibility index (Phi) is 6.26. The van der Waals surface area contributed by atoms with Crippen LogP contribution in [0.1, 0.15) is 22.9 Å². The number of hydrogen-bond donors (Lipinski definition) is 1. The summed E-state index contributed by atoms with van der Waals surface area (Å²) in [5.74, 6) is 2.69. The lowest BCUT2D eigenvalue weighted by molar-refractivity contribution is 0.407. The van der Waals surface area contributed by atoms with E-state index in [0.717, 1.165) is 45.5 Å². The second-order valence-corrected chi connectivity index (χ2v) is 10.6. The average molecular weight is 579 g/mol. The number of anilines is 2. The fraction of sp³-hybridized carbons (Fsp3) is 0.0938. The number of methoxy groups -OCH3 is 1. The van der Waals surface area contributed by atoms with E-state index >= 15 is 0 Å². The van der Waals surface area contributed by atoms with E-state index < -0.39 is 0 Å². The summed E-state index contributed by atoms with van der Waals surface area (Å²) in [4.78, 5) is 12.4. The molecular weight excluding hydrogens is 555 g/mol. The lowest BCUT2D eigenvalue weighted by atomic mass is 9.92. The van der Waals surface area contributed by atoms with Crippen LogP contribution in [0.5, 0.6) is 5.75 Å². The maximum atomic E-state index is 6.57. The van der Waals surface area contributed by atoms with Gasteiger partial charge in [-0.2, -0.15) is 5.10 Å². The van der Waals surface area contributed by atoms with Crippen LogP contribution >= 0.6 is 23.2 Å². The number of aliphatic imine (C=N–C) groups is 2. The SMILES string of the molecule is COc1ccccc1C1c2c(C)nn(-c3ccccc3)c2N=C2C(=Nc3ccc(Cl)cc3Cl)Nc3ccccc3N21. The van der Waals surface area contributed by atoms with Gasteiger partial charge < -0.3 is 15.0 Å². The van der Waals surface area contributed by atoms with E-state index in [-0.39, 0.29) is 6.04 Å². The van der Waals surface area contributed by atoms with Crippen molar-refractivity contribution in [2.75, 3.05) is 17.3 Å². The fourth-order valence-electron chi connectivity index (χ4n) is 5.46. The highest BCUT2D eigenvalue weighted by atomic mass is 35.5. The number of nitrogens with zero attached hydrogens (tertiary/aromatic N) is 5. The molecule has 0 radical (unpaired) electrons. The van der Waals surface area contributed by atoms with Gasteiger partial charge in [0.2, 0.25) is 0 Å². The Balaban J connectivity index is 1.55. The minimum absolute atomic E-state index is 0.305. The number of para-hydroxylation sites is 4. The molecule has 0 spiro atoms. The molecule has 0 bridgehead atoms.